The van der Waals surface area contributed by atoms with Crippen LogP contribution in [0.3, 0.4) is 0 Å². The summed E-state index contributed by atoms with van der Waals surface area (Å²) in [4.78, 5) is 4.59. The Kier molecular flexibility index (Phi) is 4.42. The Labute approximate surface area is 103 Å². The molecule has 1 fully saturated rings. The standard InChI is InChI=1S/C13H22N4/c1-10(2)7-12-9-15-17-13(16-12)8-11-5-3-4-6-14-11/h9-11,14H,3-8H2,1-2H3. The van der Waals surface area contributed by atoms with Gasteiger partial charge >= 0.3 is 0 Å². The lowest BCUT2D eigenvalue weighted by Crippen LogP contribution is -2.36. The molecule has 1 aliphatic rings. The summed E-state index contributed by atoms with van der Waals surface area (Å²) in [5.74, 6) is 1.51. The SMILES string of the molecule is CC(C)Cc1cnnc(CC2CCCCN2)n1. The molecular formula is C13H22N4. The summed E-state index contributed by atoms with van der Waals surface area (Å²) in [6, 6.07) is 0.542. The number of nitrogens with zero attached hydrogens (tertiary/aromatic N) is 3. The second kappa shape index (κ2) is 6.05. The third-order valence-corrected chi connectivity index (χ3v) is 3.11. The van der Waals surface area contributed by atoms with E-state index < -0.39 is 0 Å². The molecule has 0 amide bonds. The predicted octanol–water partition coefficient (Wildman–Crippen LogP) is 1.75. The third-order valence-electron chi connectivity index (χ3n) is 3.11. The number of piperidine rings is 1. The van der Waals surface area contributed by atoms with Gasteiger partial charge in [0.1, 0.15) is 0 Å². The topological polar surface area (TPSA) is 50.7 Å². The molecule has 0 aliphatic carbocycles. The highest BCUT2D eigenvalue weighted by atomic mass is 15.1. The highest BCUT2D eigenvalue weighted by molar-refractivity contribution is 4.99. The molecule has 1 aromatic heterocycles. The molecule has 0 aromatic carbocycles. The summed E-state index contributed by atoms with van der Waals surface area (Å²) >= 11 is 0. The van der Waals surface area contributed by atoms with E-state index >= 15 is 0 Å². The van der Waals surface area contributed by atoms with Crippen LogP contribution in [0.25, 0.3) is 0 Å². The van der Waals surface area contributed by atoms with Crippen LogP contribution in [0.2, 0.25) is 0 Å². The highest BCUT2D eigenvalue weighted by Gasteiger charge is 2.15. The Morgan fingerprint density at radius 3 is 3.00 bits per heavy atom. The summed E-state index contributed by atoms with van der Waals surface area (Å²) in [7, 11) is 0. The quantitative estimate of drug-likeness (QED) is 0.862. The zero-order chi connectivity index (χ0) is 12.1. The van der Waals surface area contributed by atoms with E-state index in [4.69, 9.17) is 0 Å². The van der Waals surface area contributed by atoms with Crippen LogP contribution < -0.4 is 5.32 Å². The minimum atomic E-state index is 0.542. The van der Waals surface area contributed by atoms with Gasteiger partial charge in [-0.05, 0) is 31.7 Å². The van der Waals surface area contributed by atoms with Crippen molar-refractivity contribution in [1.82, 2.24) is 20.5 Å². The van der Waals surface area contributed by atoms with Gasteiger partial charge < -0.3 is 5.32 Å². The molecule has 2 rings (SSSR count). The zero-order valence-electron chi connectivity index (χ0n) is 10.8. The van der Waals surface area contributed by atoms with Crippen LogP contribution in [0.1, 0.15) is 44.6 Å². The minimum Gasteiger partial charge on any atom is -0.314 e. The van der Waals surface area contributed by atoms with Crippen molar-refractivity contribution in [3.05, 3.63) is 17.7 Å². The first-order valence-electron chi connectivity index (χ1n) is 6.65. The van der Waals surface area contributed by atoms with Gasteiger partial charge in [-0.3, -0.25) is 0 Å². The zero-order valence-corrected chi connectivity index (χ0v) is 10.8. The Morgan fingerprint density at radius 2 is 2.29 bits per heavy atom. The molecule has 1 atom stereocenters. The van der Waals surface area contributed by atoms with Gasteiger partial charge in [-0.15, -0.1) is 5.10 Å². The van der Waals surface area contributed by atoms with Gasteiger partial charge in [-0.2, -0.15) is 5.10 Å². The van der Waals surface area contributed by atoms with Crippen molar-refractivity contribution in [3.63, 3.8) is 0 Å². The Morgan fingerprint density at radius 1 is 1.41 bits per heavy atom. The summed E-state index contributed by atoms with van der Waals surface area (Å²) in [6.07, 6.45) is 7.54. The van der Waals surface area contributed by atoms with Crippen molar-refractivity contribution in [2.75, 3.05) is 6.54 Å². The number of rotatable bonds is 4. The van der Waals surface area contributed by atoms with E-state index in [1.165, 1.54) is 19.3 Å². The predicted molar refractivity (Wildman–Crippen MR) is 67.7 cm³/mol. The van der Waals surface area contributed by atoms with Crippen molar-refractivity contribution in [2.45, 2.75) is 52.0 Å². The summed E-state index contributed by atoms with van der Waals surface area (Å²) in [5.41, 5.74) is 1.07. The van der Waals surface area contributed by atoms with Gasteiger partial charge in [-0.25, -0.2) is 4.98 Å². The van der Waals surface area contributed by atoms with Gasteiger partial charge in [0.15, 0.2) is 5.82 Å². The molecule has 94 valence electrons. The van der Waals surface area contributed by atoms with E-state index in [-0.39, 0.29) is 0 Å². The monoisotopic (exact) mass is 234 g/mol. The second-order valence-electron chi connectivity index (χ2n) is 5.31. The summed E-state index contributed by atoms with van der Waals surface area (Å²) < 4.78 is 0. The van der Waals surface area contributed by atoms with Crippen LogP contribution in [0.15, 0.2) is 6.20 Å². The molecule has 1 saturated heterocycles. The number of aromatic nitrogens is 3. The average Bonchev–Trinajstić information content (AvgIpc) is 2.30. The lowest BCUT2D eigenvalue weighted by atomic mass is 10.0. The molecule has 0 spiro atoms. The van der Waals surface area contributed by atoms with Crippen molar-refractivity contribution in [1.29, 1.82) is 0 Å². The fraction of sp³-hybridized carbons (Fsp3) is 0.769. The second-order valence-corrected chi connectivity index (χ2v) is 5.31. The molecule has 4 nitrogen and oxygen atoms in total. The highest BCUT2D eigenvalue weighted by Crippen LogP contribution is 2.11. The maximum atomic E-state index is 4.59. The molecule has 1 aromatic rings. The molecule has 17 heavy (non-hydrogen) atoms. The molecule has 1 aliphatic heterocycles. The normalized spacial score (nSPS) is 20.8. The third kappa shape index (κ3) is 4.04. The van der Waals surface area contributed by atoms with Crippen molar-refractivity contribution >= 4 is 0 Å². The molecule has 1 unspecified atom stereocenters. The molecule has 0 radical (unpaired) electrons. The Hall–Kier alpha value is -1.03. The lowest BCUT2D eigenvalue weighted by molar-refractivity contribution is 0.392. The Bertz CT molecular complexity index is 345. The number of hydrogen-bond acceptors (Lipinski definition) is 4. The van der Waals surface area contributed by atoms with E-state index in [1.807, 2.05) is 0 Å². The first kappa shape index (κ1) is 12.4. The molecule has 2 heterocycles. The van der Waals surface area contributed by atoms with Gasteiger partial charge in [-0.1, -0.05) is 20.3 Å². The molecule has 1 N–H and O–H groups in total. The van der Waals surface area contributed by atoms with E-state index in [0.717, 1.165) is 30.9 Å². The van der Waals surface area contributed by atoms with Crippen LogP contribution >= 0.6 is 0 Å². The maximum Gasteiger partial charge on any atom is 0.152 e. The van der Waals surface area contributed by atoms with Crippen molar-refractivity contribution < 1.29 is 0 Å². The molecule has 4 heteroatoms. The fourth-order valence-corrected chi connectivity index (χ4v) is 2.30. The van der Waals surface area contributed by atoms with Crippen molar-refractivity contribution in [3.8, 4) is 0 Å². The molecule has 0 saturated carbocycles. The Balaban J connectivity index is 1.95. The number of nitrogens with one attached hydrogen (secondary N) is 1. The number of hydrogen-bond donors (Lipinski definition) is 1. The van der Waals surface area contributed by atoms with Gasteiger partial charge in [0.2, 0.25) is 0 Å². The largest absolute Gasteiger partial charge is 0.314 e. The van der Waals surface area contributed by atoms with Crippen LogP contribution in [-0.2, 0) is 12.8 Å². The van der Waals surface area contributed by atoms with E-state index in [2.05, 4.69) is 34.3 Å². The van der Waals surface area contributed by atoms with Crippen LogP contribution in [0.5, 0.6) is 0 Å². The maximum absolute atomic E-state index is 4.59. The lowest BCUT2D eigenvalue weighted by Gasteiger charge is -2.22. The average molecular weight is 234 g/mol. The van der Waals surface area contributed by atoms with E-state index in [0.29, 0.717) is 12.0 Å². The van der Waals surface area contributed by atoms with E-state index in [9.17, 15) is 0 Å². The summed E-state index contributed by atoms with van der Waals surface area (Å²) in [6.45, 7) is 5.53. The first-order chi connectivity index (χ1) is 8.24. The van der Waals surface area contributed by atoms with E-state index in [1.54, 1.807) is 6.20 Å². The minimum absolute atomic E-state index is 0.542. The van der Waals surface area contributed by atoms with Crippen LogP contribution in [-0.4, -0.2) is 27.8 Å². The van der Waals surface area contributed by atoms with Gasteiger partial charge in [0, 0.05) is 12.5 Å². The molecular weight excluding hydrogens is 212 g/mol. The summed E-state index contributed by atoms with van der Waals surface area (Å²) in [5, 5.41) is 11.7. The first-order valence-corrected chi connectivity index (χ1v) is 6.65. The molecule has 0 bridgehead atoms. The van der Waals surface area contributed by atoms with Gasteiger partial charge in [0.05, 0.1) is 11.9 Å². The van der Waals surface area contributed by atoms with Crippen LogP contribution in [0, 0.1) is 5.92 Å². The van der Waals surface area contributed by atoms with Gasteiger partial charge in [0.25, 0.3) is 0 Å². The fourth-order valence-electron chi connectivity index (χ4n) is 2.30. The smallest absolute Gasteiger partial charge is 0.152 e. The van der Waals surface area contributed by atoms with Crippen LogP contribution in [0.4, 0.5) is 0 Å². The van der Waals surface area contributed by atoms with Crippen molar-refractivity contribution in [2.24, 2.45) is 5.92 Å².